The highest BCUT2D eigenvalue weighted by atomic mass is 16.5. The van der Waals surface area contributed by atoms with Crippen molar-refractivity contribution in [3.8, 4) is 6.07 Å². The fourth-order valence-electron chi connectivity index (χ4n) is 3.84. The van der Waals surface area contributed by atoms with Gasteiger partial charge in [-0.15, -0.1) is 0 Å². The van der Waals surface area contributed by atoms with Crippen LogP contribution in [-0.2, 0) is 4.79 Å². The standard InChI is InChI=1S/C19H30N6O6/c1-4-9-25(14(26)10-18(28,29)11-20)19(30,31)13(5-2)24(3)16-12-7-6-8-21-15(12)22-17(27)23-16/h7,13,16,28-31H,4-6,8-10H2,1-3H3,(H2,21,22,23,27). The quantitative estimate of drug-likeness (QED) is 0.186. The largest absolute Gasteiger partial charge is 0.354 e. The van der Waals surface area contributed by atoms with E-state index in [0.717, 1.165) is 0 Å². The smallest absolute Gasteiger partial charge is 0.321 e. The molecule has 1 saturated heterocycles. The molecule has 0 aromatic heterocycles. The van der Waals surface area contributed by atoms with Crippen LogP contribution in [0, 0.1) is 11.3 Å². The number of nitriles is 1. The number of amides is 3. The molecule has 0 aromatic carbocycles. The number of carbonyl (C=O) groups excluding carboxylic acids is 2. The molecule has 6 N–H and O–H groups in total. The average molecular weight is 438 g/mol. The van der Waals surface area contributed by atoms with Gasteiger partial charge in [-0.05, 0) is 26.3 Å². The second kappa shape index (κ2) is 9.71. The van der Waals surface area contributed by atoms with E-state index in [-0.39, 0.29) is 13.0 Å². The Hall–Kier alpha value is -2.56. The number of likely N-dealkylation sites (N-methyl/N-ethyl adjacent to an activating group) is 1. The Morgan fingerprint density at radius 3 is 2.65 bits per heavy atom. The lowest BCUT2D eigenvalue weighted by Gasteiger charge is -2.47. The second-order valence-electron chi connectivity index (χ2n) is 7.61. The van der Waals surface area contributed by atoms with Gasteiger partial charge in [-0.1, -0.05) is 19.9 Å². The number of hydrogen-bond donors (Lipinski definition) is 6. The molecule has 2 aliphatic heterocycles. The van der Waals surface area contributed by atoms with Gasteiger partial charge in [0.05, 0.1) is 12.5 Å². The zero-order valence-corrected chi connectivity index (χ0v) is 17.9. The monoisotopic (exact) mass is 438 g/mol. The van der Waals surface area contributed by atoms with E-state index in [2.05, 4.69) is 15.6 Å². The average Bonchev–Trinajstić information content (AvgIpc) is 2.70. The molecule has 12 nitrogen and oxygen atoms in total. The molecule has 0 aromatic rings. The number of dihydropyridines is 1. The number of fused-ring (bicyclic) bond motifs is 1. The minimum atomic E-state index is -2.94. The minimum absolute atomic E-state index is 0.105. The van der Waals surface area contributed by atoms with Crippen LogP contribution in [0.3, 0.4) is 0 Å². The molecule has 2 heterocycles. The van der Waals surface area contributed by atoms with E-state index in [1.807, 2.05) is 6.08 Å². The summed E-state index contributed by atoms with van der Waals surface area (Å²) in [4.78, 5) is 31.3. The number of aliphatic imine (C=N–C) groups is 1. The highest BCUT2D eigenvalue weighted by Crippen LogP contribution is 2.27. The third-order valence-electron chi connectivity index (χ3n) is 5.29. The Balaban J connectivity index is 2.35. The minimum Gasteiger partial charge on any atom is -0.354 e. The van der Waals surface area contributed by atoms with Gasteiger partial charge in [0.25, 0.3) is 11.7 Å². The van der Waals surface area contributed by atoms with Crippen molar-refractivity contribution < 1.29 is 30.0 Å². The van der Waals surface area contributed by atoms with Crippen molar-refractivity contribution in [2.24, 2.45) is 4.99 Å². The van der Waals surface area contributed by atoms with Crippen LogP contribution in [0.2, 0.25) is 0 Å². The number of nitrogens with zero attached hydrogens (tertiary/aromatic N) is 4. The molecule has 12 heteroatoms. The lowest BCUT2D eigenvalue weighted by Crippen LogP contribution is -2.69. The third-order valence-corrected chi connectivity index (χ3v) is 5.29. The van der Waals surface area contributed by atoms with E-state index in [4.69, 9.17) is 5.26 Å². The molecule has 0 bridgehead atoms. The maximum atomic E-state index is 12.7. The zero-order chi connectivity index (χ0) is 23.4. The van der Waals surface area contributed by atoms with Gasteiger partial charge >= 0.3 is 6.03 Å². The molecular weight excluding hydrogens is 408 g/mol. The Kier molecular flexibility index (Phi) is 7.74. The first-order valence-electron chi connectivity index (χ1n) is 10.1. The van der Waals surface area contributed by atoms with E-state index in [9.17, 15) is 30.0 Å². The summed E-state index contributed by atoms with van der Waals surface area (Å²) in [5.41, 5.74) is 0.671. The van der Waals surface area contributed by atoms with Crippen molar-refractivity contribution in [2.45, 2.75) is 63.4 Å². The summed E-state index contributed by atoms with van der Waals surface area (Å²) < 4.78 is 0. The third kappa shape index (κ3) is 5.38. The summed E-state index contributed by atoms with van der Waals surface area (Å²) in [7, 11) is 1.57. The van der Waals surface area contributed by atoms with E-state index < -0.39 is 42.3 Å². The SMILES string of the molecule is CCCN(C(=O)CC(O)(O)C#N)C(O)(O)C(CC)N(C)C1NC(=O)NC2=NCCC=C21. The van der Waals surface area contributed by atoms with E-state index >= 15 is 0 Å². The molecule has 2 atom stereocenters. The van der Waals surface area contributed by atoms with Crippen LogP contribution >= 0.6 is 0 Å². The van der Waals surface area contributed by atoms with Gasteiger partial charge in [-0.25, -0.2) is 4.79 Å². The lowest BCUT2D eigenvalue weighted by molar-refractivity contribution is -0.291. The van der Waals surface area contributed by atoms with Crippen molar-refractivity contribution in [1.29, 1.82) is 5.26 Å². The fraction of sp³-hybridized carbons (Fsp3) is 0.684. The number of hydrogen-bond acceptors (Lipinski definition) is 9. The van der Waals surface area contributed by atoms with Gasteiger partial charge < -0.3 is 25.7 Å². The number of carbonyl (C=O) groups is 2. The molecule has 2 rings (SSSR count). The summed E-state index contributed by atoms with van der Waals surface area (Å²) in [6, 6.07) is -0.384. The van der Waals surface area contributed by atoms with E-state index in [1.165, 1.54) is 11.0 Å². The Labute approximate surface area is 180 Å². The van der Waals surface area contributed by atoms with E-state index in [1.54, 1.807) is 20.9 Å². The maximum Gasteiger partial charge on any atom is 0.321 e. The van der Waals surface area contributed by atoms with E-state index in [0.29, 0.717) is 35.7 Å². The molecule has 172 valence electrons. The predicted octanol–water partition coefficient (Wildman–Crippen LogP) is -1.46. The predicted molar refractivity (Wildman–Crippen MR) is 109 cm³/mol. The van der Waals surface area contributed by atoms with Crippen molar-refractivity contribution >= 4 is 17.8 Å². The van der Waals surface area contributed by atoms with Crippen LogP contribution < -0.4 is 10.6 Å². The first kappa shape index (κ1) is 24.7. The first-order valence-corrected chi connectivity index (χ1v) is 10.1. The number of amidine groups is 1. The van der Waals surface area contributed by atoms with Crippen molar-refractivity contribution in [3.05, 3.63) is 11.6 Å². The number of nitrogens with one attached hydrogen (secondary N) is 2. The second-order valence-corrected chi connectivity index (χ2v) is 7.61. The van der Waals surface area contributed by atoms with Gasteiger partial charge in [-0.3, -0.25) is 24.9 Å². The molecule has 0 aliphatic carbocycles. The highest BCUT2D eigenvalue weighted by molar-refractivity contribution is 6.11. The molecular formula is C19H30N6O6. The van der Waals surface area contributed by atoms with Crippen LogP contribution in [0.1, 0.15) is 39.5 Å². The van der Waals surface area contributed by atoms with Crippen molar-refractivity contribution in [3.63, 3.8) is 0 Å². The summed E-state index contributed by atoms with van der Waals surface area (Å²) in [6.07, 6.45) is 1.30. The van der Waals surface area contributed by atoms with Crippen molar-refractivity contribution in [2.75, 3.05) is 20.1 Å². The summed E-state index contributed by atoms with van der Waals surface area (Å²) in [5, 5.41) is 55.3. The fourth-order valence-corrected chi connectivity index (χ4v) is 3.84. The number of rotatable bonds is 9. The molecule has 0 spiro atoms. The van der Waals surface area contributed by atoms with Crippen LogP contribution in [-0.4, -0.2) is 92.0 Å². The van der Waals surface area contributed by atoms with Gasteiger partial charge in [0, 0.05) is 18.7 Å². The van der Waals surface area contributed by atoms with Crippen LogP contribution in [0.4, 0.5) is 4.79 Å². The lowest BCUT2D eigenvalue weighted by atomic mass is 10.0. The summed E-state index contributed by atoms with van der Waals surface area (Å²) in [6.45, 7) is 3.81. The van der Waals surface area contributed by atoms with Crippen LogP contribution in [0.25, 0.3) is 0 Å². The number of aliphatic hydroxyl groups is 4. The molecule has 2 aliphatic rings. The van der Waals surface area contributed by atoms with Crippen molar-refractivity contribution in [1.82, 2.24) is 20.4 Å². The van der Waals surface area contributed by atoms with Gasteiger partial charge in [0.15, 0.2) is 0 Å². The van der Waals surface area contributed by atoms with Crippen LogP contribution in [0.15, 0.2) is 16.6 Å². The normalized spacial score (nSPS) is 20.0. The Morgan fingerprint density at radius 1 is 1.39 bits per heavy atom. The molecule has 3 amide bonds. The molecule has 0 saturated carbocycles. The number of urea groups is 1. The Bertz CT molecular complexity index is 802. The summed E-state index contributed by atoms with van der Waals surface area (Å²) in [5.74, 6) is -6.28. The molecule has 0 radical (unpaired) electrons. The Morgan fingerprint density at radius 2 is 2.06 bits per heavy atom. The topological polar surface area (TPSA) is 182 Å². The van der Waals surface area contributed by atoms with Gasteiger partial charge in [0.2, 0.25) is 5.91 Å². The summed E-state index contributed by atoms with van der Waals surface area (Å²) >= 11 is 0. The molecule has 31 heavy (non-hydrogen) atoms. The highest BCUT2D eigenvalue weighted by Gasteiger charge is 2.48. The molecule has 1 fully saturated rings. The van der Waals surface area contributed by atoms with Gasteiger partial charge in [0.1, 0.15) is 18.1 Å². The zero-order valence-electron chi connectivity index (χ0n) is 17.9. The van der Waals surface area contributed by atoms with Crippen LogP contribution in [0.5, 0.6) is 0 Å². The maximum absolute atomic E-state index is 12.7. The van der Waals surface area contributed by atoms with Gasteiger partial charge in [-0.2, -0.15) is 5.26 Å². The first-order chi connectivity index (χ1) is 14.5. The molecule has 2 unspecified atom stereocenters.